The lowest BCUT2D eigenvalue weighted by Crippen LogP contribution is -2.17. The summed E-state index contributed by atoms with van der Waals surface area (Å²) < 4.78 is 11.5. The summed E-state index contributed by atoms with van der Waals surface area (Å²) >= 11 is 1.79. The highest BCUT2D eigenvalue weighted by Gasteiger charge is 2.35. The molecule has 0 N–H and O–H groups in total. The van der Waals surface area contributed by atoms with Gasteiger partial charge in [-0.25, -0.2) is 0 Å². The second-order valence-electron chi connectivity index (χ2n) is 18.3. The number of fused-ring (bicyclic) bond motifs is 16. The van der Waals surface area contributed by atoms with Crippen molar-refractivity contribution in [3.8, 4) is 34.9 Å². The van der Waals surface area contributed by atoms with Crippen LogP contribution in [0.2, 0.25) is 0 Å². The SMILES string of the molecule is Cc1ccc2c(c1)c1ccc3c4ccccc4sc3c1n2-c1c(-n2c3ccccc3c3ccccc32)c(C#N)c(-n2c3ccccc3c3ccccc32)c(C#N)c1-n1c2ccccc2c2ccccc21. The first-order chi connectivity index (χ1) is 34.6. The van der Waals surface area contributed by atoms with E-state index in [2.05, 4.69) is 225 Å². The number of nitrogens with zero attached hydrogens (tertiary/aromatic N) is 6. The minimum Gasteiger partial charge on any atom is -0.306 e. The van der Waals surface area contributed by atoms with E-state index in [0.717, 1.165) is 109 Å². The maximum atomic E-state index is 12.4. The summed E-state index contributed by atoms with van der Waals surface area (Å²) in [6.07, 6.45) is 0. The number of hydrogen-bond donors (Lipinski definition) is 0. The summed E-state index contributed by atoms with van der Waals surface area (Å²) in [6, 6.07) is 76.4. The smallest absolute Gasteiger partial charge is 0.104 e. The summed E-state index contributed by atoms with van der Waals surface area (Å²) in [5, 5.41) is 35.7. The second kappa shape index (κ2) is 14.3. The maximum Gasteiger partial charge on any atom is 0.104 e. The molecule has 0 aliphatic rings. The minimum absolute atomic E-state index is 0.389. The third-order valence-corrected chi connectivity index (χ3v) is 15.9. The zero-order valence-electron chi connectivity index (χ0n) is 37.6. The average molecular weight is 909 g/mol. The predicted octanol–water partition coefficient (Wildman–Crippen LogP) is 16.5. The summed E-state index contributed by atoms with van der Waals surface area (Å²) in [6.45, 7) is 2.15. The van der Waals surface area contributed by atoms with Crippen LogP contribution >= 0.6 is 11.3 Å². The Morgan fingerprint density at radius 1 is 0.329 bits per heavy atom. The monoisotopic (exact) mass is 908 g/mol. The predicted molar refractivity (Wildman–Crippen MR) is 291 cm³/mol. The number of rotatable bonds is 4. The van der Waals surface area contributed by atoms with Crippen LogP contribution in [-0.2, 0) is 0 Å². The maximum absolute atomic E-state index is 12.4. The van der Waals surface area contributed by atoms with Gasteiger partial charge in [-0.05, 0) is 61.5 Å². The van der Waals surface area contributed by atoms with Crippen molar-refractivity contribution in [2.24, 2.45) is 0 Å². The zero-order chi connectivity index (χ0) is 46.4. The molecule has 0 fully saturated rings. The van der Waals surface area contributed by atoms with Crippen molar-refractivity contribution in [3.05, 3.63) is 217 Å². The van der Waals surface area contributed by atoms with Gasteiger partial charge in [-0.15, -0.1) is 11.3 Å². The van der Waals surface area contributed by atoms with E-state index in [1.807, 2.05) is 12.1 Å². The van der Waals surface area contributed by atoms with Crippen LogP contribution in [0, 0.1) is 29.6 Å². The molecule has 0 bridgehead atoms. The molecule has 6 nitrogen and oxygen atoms in total. The van der Waals surface area contributed by atoms with Crippen LogP contribution in [0.4, 0.5) is 0 Å². The molecule has 15 aromatic rings. The Hall–Kier alpha value is -9.40. The van der Waals surface area contributed by atoms with Gasteiger partial charge in [0.15, 0.2) is 0 Å². The van der Waals surface area contributed by atoms with Gasteiger partial charge in [0.1, 0.15) is 23.3 Å². The van der Waals surface area contributed by atoms with Crippen molar-refractivity contribution in [3.63, 3.8) is 0 Å². The summed E-state index contributed by atoms with van der Waals surface area (Å²) in [5.74, 6) is 0. The Kier molecular flexibility index (Phi) is 7.91. The van der Waals surface area contributed by atoms with Crippen molar-refractivity contribution in [1.29, 1.82) is 10.5 Å². The topological polar surface area (TPSA) is 67.3 Å². The van der Waals surface area contributed by atoms with E-state index in [-0.39, 0.29) is 0 Å². The van der Waals surface area contributed by atoms with Crippen LogP contribution in [0.15, 0.2) is 200 Å². The largest absolute Gasteiger partial charge is 0.306 e. The van der Waals surface area contributed by atoms with Gasteiger partial charge in [0.2, 0.25) is 0 Å². The average Bonchev–Trinajstić information content (AvgIpc) is 4.21. The Labute approximate surface area is 404 Å². The molecule has 5 heterocycles. The molecule has 0 atom stereocenters. The lowest BCUT2D eigenvalue weighted by Gasteiger charge is -2.27. The Bertz CT molecular complexity index is 4570. The molecule has 0 aliphatic carbocycles. The number of thiophene rings is 1. The van der Waals surface area contributed by atoms with Gasteiger partial charge in [0.05, 0.1) is 71.6 Å². The van der Waals surface area contributed by atoms with Crippen LogP contribution in [0.5, 0.6) is 0 Å². The van der Waals surface area contributed by atoms with Gasteiger partial charge < -0.3 is 18.3 Å². The van der Waals surface area contributed by atoms with Crippen LogP contribution in [-0.4, -0.2) is 18.3 Å². The fourth-order valence-corrected chi connectivity index (χ4v) is 13.1. The molecule has 0 radical (unpaired) electrons. The van der Waals surface area contributed by atoms with Gasteiger partial charge in [0, 0.05) is 58.6 Å². The first-order valence-corrected chi connectivity index (χ1v) is 24.3. The summed E-state index contributed by atoms with van der Waals surface area (Å²) in [5.41, 5.74) is 12.2. The van der Waals surface area contributed by atoms with E-state index in [0.29, 0.717) is 28.2 Å². The van der Waals surface area contributed by atoms with Gasteiger partial charge in [0.25, 0.3) is 0 Å². The van der Waals surface area contributed by atoms with Gasteiger partial charge in [-0.3, -0.25) is 0 Å². The fraction of sp³-hybridized carbons (Fsp3) is 0.0159. The highest BCUT2D eigenvalue weighted by Crippen LogP contribution is 2.51. The number of aryl methyl sites for hydroxylation is 1. The molecule has 0 spiro atoms. The van der Waals surface area contributed by atoms with Gasteiger partial charge in [-0.1, -0.05) is 151 Å². The van der Waals surface area contributed by atoms with E-state index >= 15 is 0 Å². The normalized spacial score (nSPS) is 12.0. The molecule has 0 aliphatic heterocycles. The van der Waals surface area contributed by atoms with Crippen molar-refractivity contribution in [2.45, 2.75) is 6.92 Å². The molecule has 0 saturated carbocycles. The number of aromatic nitrogens is 4. The molecule has 70 heavy (non-hydrogen) atoms. The van der Waals surface area contributed by atoms with E-state index in [9.17, 15) is 10.5 Å². The van der Waals surface area contributed by atoms with E-state index < -0.39 is 0 Å². The quantitative estimate of drug-likeness (QED) is 0.177. The molecular weight excluding hydrogens is 873 g/mol. The second-order valence-corrected chi connectivity index (χ2v) is 19.3. The molecule has 5 aromatic heterocycles. The van der Waals surface area contributed by atoms with Crippen molar-refractivity contribution < 1.29 is 0 Å². The van der Waals surface area contributed by atoms with E-state index in [1.54, 1.807) is 11.3 Å². The number of benzene rings is 10. The first-order valence-electron chi connectivity index (χ1n) is 23.5. The lowest BCUT2D eigenvalue weighted by atomic mass is 9.98. The third kappa shape index (κ3) is 4.98. The highest BCUT2D eigenvalue weighted by atomic mass is 32.1. The van der Waals surface area contributed by atoms with Crippen molar-refractivity contribution in [1.82, 2.24) is 18.3 Å². The zero-order valence-corrected chi connectivity index (χ0v) is 38.5. The lowest BCUT2D eigenvalue weighted by molar-refractivity contribution is 1.02. The highest BCUT2D eigenvalue weighted by molar-refractivity contribution is 7.26. The molecular formula is C63H36N6S. The fourth-order valence-electron chi connectivity index (χ4n) is 11.9. The Morgan fingerprint density at radius 2 is 0.700 bits per heavy atom. The Balaban J connectivity index is 1.31. The number of hydrogen-bond acceptors (Lipinski definition) is 3. The van der Waals surface area contributed by atoms with Crippen LogP contribution in [0.25, 0.3) is 130 Å². The van der Waals surface area contributed by atoms with Crippen molar-refractivity contribution >= 4 is 119 Å². The Morgan fingerprint density at radius 3 is 1.14 bits per heavy atom. The molecule has 10 aromatic carbocycles. The van der Waals surface area contributed by atoms with E-state index in [1.165, 1.54) is 10.1 Å². The van der Waals surface area contributed by atoms with Gasteiger partial charge >= 0.3 is 0 Å². The standard InChI is InChI=1S/C63H36N6S/c1-37-30-33-56-47(34-37)45-31-32-46-44-22-8-15-29-57(44)70-63(46)61(45)69(56)62-59(67-52-25-11-4-18-40(52)41-19-5-12-26-53(41)67)48(35-64)58(66-50-23-9-2-16-38(50)39-17-3-10-24-51(39)66)49(36-65)60(62)68-54-27-13-6-20-42(54)43-21-7-14-28-55(43)68/h2-34H,1H3. The van der Waals surface area contributed by atoms with Crippen LogP contribution in [0.3, 0.4) is 0 Å². The molecule has 7 heteroatoms. The minimum atomic E-state index is 0.389. The molecule has 0 unspecified atom stereocenters. The molecule has 15 rings (SSSR count). The molecule has 0 amide bonds. The first kappa shape index (κ1) is 38.7. The van der Waals surface area contributed by atoms with Crippen LogP contribution < -0.4 is 0 Å². The third-order valence-electron chi connectivity index (χ3n) is 14.7. The number of para-hydroxylation sites is 6. The summed E-state index contributed by atoms with van der Waals surface area (Å²) in [7, 11) is 0. The number of nitriles is 2. The van der Waals surface area contributed by atoms with Crippen molar-refractivity contribution in [2.75, 3.05) is 0 Å². The molecule has 0 saturated heterocycles. The molecule has 324 valence electrons. The van der Waals surface area contributed by atoms with Gasteiger partial charge in [-0.2, -0.15) is 10.5 Å². The van der Waals surface area contributed by atoms with E-state index in [4.69, 9.17) is 0 Å². The van der Waals surface area contributed by atoms with Crippen LogP contribution in [0.1, 0.15) is 16.7 Å². The summed E-state index contributed by atoms with van der Waals surface area (Å²) in [4.78, 5) is 0.